The number of H-pyrrole nitrogens is 1. The van der Waals surface area contributed by atoms with E-state index in [-0.39, 0.29) is 27.8 Å². The highest BCUT2D eigenvalue weighted by atomic mass is 32.2. The van der Waals surface area contributed by atoms with Crippen molar-refractivity contribution in [2.75, 3.05) is 4.72 Å². The van der Waals surface area contributed by atoms with Gasteiger partial charge >= 0.3 is 5.97 Å². The summed E-state index contributed by atoms with van der Waals surface area (Å²) in [6.07, 6.45) is 0. The van der Waals surface area contributed by atoms with Gasteiger partial charge in [-0.1, -0.05) is 36.4 Å². The zero-order chi connectivity index (χ0) is 22.7. The van der Waals surface area contributed by atoms with E-state index in [9.17, 15) is 22.0 Å². The second kappa shape index (κ2) is 8.91. The largest absolute Gasteiger partial charge is 0.402 e. The first-order chi connectivity index (χ1) is 15.3. The number of aromatic nitrogens is 2. The van der Waals surface area contributed by atoms with Crippen LogP contribution < -0.4 is 9.46 Å². The van der Waals surface area contributed by atoms with Crippen molar-refractivity contribution in [3.05, 3.63) is 83.9 Å². The first-order valence-corrected chi connectivity index (χ1v) is 12.0. The number of aromatic amines is 1. The smallest absolute Gasteiger partial charge is 0.344 e. The van der Waals surface area contributed by atoms with Gasteiger partial charge in [-0.2, -0.15) is 0 Å². The topological polar surface area (TPSA) is 138 Å². The number of hydrogen-bond acceptors (Lipinski definition) is 6. The molecule has 1 unspecified atom stereocenters. The van der Waals surface area contributed by atoms with Crippen LogP contribution in [0.2, 0.25) is 0 Å². The van der Waals surface area contributed by atoms with Gasteiger partial charge in [0, 0.05) is 5.69 Å². The fourth-order valence-corrected chi connectivity index (χ4v) is 4.98. The Kier molecular flexibility index (Phi) is 6.04. The number of fused-ring (bicyclic) bond motifs is 1. The van der Waals surface area contributed by atoms with Crippen molar-refractivity contribution in [1.82, 2.24) is 10.2 Å². The second-order valence-electron chi connectivity index (χ2n) is 6.72. The lowest BCUT2D eigenvalue weighted by atomic mass is 10.2. The van der Waals surface area contributed by atoms with Crippen LogP contribution in [0.4, 0.5) is 5.69 Å². The highest BCUT2D eigenvalue weighted by Crippen LogP contribution is 2.28. The molecule has 0 aliphatic carbocycles. The summed E-state index contributed by atoms with van der Waals surface area (Å²) < 4.78 is 54.0. The number of nitrogens with zero attached hydrogens (tertiary/aromatic N) is 1. The molecule has 164 valence electrons. The number of carbonyl (C=O) groups excluding carboxylic acids is 1. The van der Waals surface area contributed by atoms with Crippen LogP contribution in [0.1, 0.15) is 15.9 Å². The molecule has 0 spiro atoms. The van der Waals surface area contributed by atoms with E-state index in [1.165, 1.54) is 30.3 Å². The van der Waals surface area contributed by atoms with Crippen molar-refractivity contribution in [2.45, 2.75) is 10.6 Å². The summed E-state index contributed by atoms with van der Waals surface area (Å²) in [6, 6.07) is 18.9. The van der Waals surface area contributed by atoms with Crippen LogP contribution in [0.3, 0.4) is 0 Å². The Morgan fingerprint density at radius 1 is 1.06 bits per heavy atom. The van der Waals surface area contributed by atoms with Crippen molar-refractivity contribution in [1.29, 1.82) is 0 Å². The van der Waals surface area contributed by atoms with Crippen molar-refractivity contribution >= 4 is 43.7 Å². The molecule has 3 N–H and O–H groups in total. The van der Waals surface area contributed by atoms with E-state index in [4.69, 9.17) is 4.74 Å². The summed E-state index contributed by atoms with van der Waals surface area (Å²) in [5.74, 6) is -0.917. The quantitative estimate of drug-likeness (QED) is 0.278. The number of nitrogens with one attached hydrogen (secondary N) is 2. The molecular formula is C21H17N3O6S2. The van der Waals surface area contributed by atoms with Crippen LogP contribution in [0, 0.1) is 0 Å². The molecule has 4 rings (SSSR count). The molecule has 4 aromatic rings. The zero-order valence-electron chi connectivity index (χ0n) is 16.4. The number of carbonyl (C=O) groups is 1. The van der Waals surface area contributed by atoms with E-state index >= 15 is 0 Å². The second-order valence-corrected chi connectivity index (χ2v) is 9.31. The molecule has 9 nitrogen and oxygen atoms in total. The molecular weight excluding hydrogens is 454 g/mol. The molecule has 1 aromatic heterocycles. The molecule has 0 bridgehead atoms. The first kappa shape index (κ1) is 21.7. The third kappa shape index (κ3) is 4.69. The van der Waals surface area contributed by atoms with E-state index in [0.717, 1.165) is 0 Å². The fraction of sp³-hybridized carbons (Fsp3) is 0.0476. The molecule has 32 heavy (non-hydrogen) atoms. The van der Waals surface area contributed by atoms with Crippen LogP contribution in [0.15, 0.2) is 77.7 Å². The molecule has 0 saturated heterocycles. The lowest BCUT2D eigenvalue weighted by Crippen LogP contribution is -2.15. The molecule has 3 aromatic carbocycles. The third-order valence-corrected chi connectivity index (χ3v) is 6.56. The van der Waals surface area contributed by atoms with Crippen LogP contribution in [0.5, 0.6) is 5.88 Å². The summed E-state index contributed by atoms with van der Waals surface area (Å²) in [4.78, 5) is 12.2. The van der Waals surface area contributed by atoms with E-state index in [0.29, 0.717) is 16.5 Å². The van der Waals surface area contributed by atoms with Crippen molar-refractivity contribution < 1.29 is 26.7 Å². The van der Waals surface area contributed by atoms with Gasteiger partial charge in [0.15, 0.2) is 11.1 Å². The van der Waals surface area contributed by atoms with Crippen LogP contribution in [-0.2, 0) is 26.9 Å². The van der Waals surface area contributed by atoms with Gasteiger partial charge in [0.2, 0.25) is 5.88 Å². The Morgan fingerprint density at radius 3 is 2.53 bits per heavy atom. The van der Waals surface area contributed by atoms with Crippen molar-refractivity contribution in [3.63, 3.8) is 0 Å². The maximum absolute atomic E-state index is 12.9. The number of anilines is 1. The molecule has 0 radical (unpaired) electrons. The highest BCUT2D eigenvalue weighted by molar-refractivity contribution is 7.92. The molecule has 11 heteroatoms. The summed E-state index contributed by atoms with van der Waals surface area (Å²) in [5, 5.41) is 7.13. The highest BCUT2D eigenvalue weighted by Gasteiger charge is 2.20. The minimum absolute atomic E-state index is 0.00554. The van der Waals surface area contributed by atoms with Crippen LogP contribution in [0.25, 0.3) is 10.9 Å². The third-order valence-electron chi connectivity index (χ3n) is 4.52. The number of rotatable bonds is 7. The number of benzene rings is 3. The lowest BCUT2D eigenvalue weighted by molar-refractivity contribution is 0.0729. The monoisotopic (exact) mass is 471 g/mol. The summed E-state index contributed by atoms with van der Waals surface area (Å²) in [7, 11) is -4.05. The Bertz CT molecular complexity index is 1420. The number of ether oxygens (including phenoxy) is 1. The Hall–Kier alpha value is -3.54. The standard InChI is InChI=1S/C21H17N3O6S2/c25-21(14-6-2-1-3-7-14)30-20-17-12-16(10-11-18(17)22-23-20)24-32(28,29)19-9-5-4-8-15(19)13-31(26)27/h1-12,24H,13H2,(H,22,23)(H,26,27). The average molecular weight is 472 g/mol. The van der Waals surface area contributed by atoms with E-state index in [2.05, 4.69) is 14.9 Å². The van der Waals surface area contributed by atoms with E-state index in [1.807, 2.05) is 0 Å². The SMILES string of the molecule is O=C(Oc1n[nH]c2ccc(NS(=O)(=O)c3ccccc3CS(=O)O)cc12)c1ccccc1. The van der Waals surface area contributed by atoms with E-state index in [1.54, 1.807) is 42.5 Å². The molecule has 0 fully saturated rings. The number of esters is 1. The van der Waals surface area contributed by atoms with Gasteiger partial charge in [0.25, 0.3) is 10.0 Å². The molecule has 0 aliphatic rings. The Balaban J connectivity index is 1.63. The lowest BCUT2D eigenvalue weighted by Gasteiger charge is -2.11. The van der Waals surface area contributed by atoms with Gasteiger partial charge in [0.1, 0.15) is 0 Å². The Labute approximate surface area is 185 Å². The molecule has 1 atom stereocenters. The predicted molar refractivity (Wildman–Crippen MR) is 119 cm³/mol. The number of hydrogen-bond donors (Lipinski definition) is 3. The van der Waals surface area contributed by atoms with Gasteiger partial charge in [-0.15, -0.1) is 5.10 Å². The molecule has 0 amide bonds. The average Bonchev–Trinajstić information content (AvgIpc) is 3.16. The minimum Gasteiger partial charge on any atom is -0.402 e. The van der Waals surface area contributed by atoms with Gasteiger partial charge < -0.3 is 9.29 Å². The molecule has 0 aliphatic heterocycles. The van der Waals surface area contributed by atoms with Gasteiger partial charge in [-0.3, -0.25) is 9.82 Å². The maximum Gasteiger partial charge on any atom is 0.344 e. The summed E-state index contributed by atoms with van der Waals surface area (Å²) in [5.41, 5.74) is 1.30. The van der Waals surface area contributed by atoms with Crippen LogP contribution >= 0.6 is 0 Å². The van der Waals surface area contributed by atoms with E-state index < -0.39 is 27.1 Å². The van der Waals surface area contributed by atoms with Gasteiger partial charge in [-0.05, 0) is 42.0 Å². The summed E-state index contributed by atoms with van der Waals surface area (Å²) >= 11 is -2.20. The molecule has 1 heterocycles. The zero-order valence-corrected chi connectivity index (χ0v) is 18.0. The van der Waals surface area contributed by atoms with Gasteiger partial charge in [0.05, 0.1) is 27.1 Å². The number of sulfonamides is 1. The maximum atomic E-state index is 12.9. The predicted octanol–water partition coefficient (Wildman–Crippen LogP) is 3.30. The van der Waals surface area contributed by atoms with Gasteiger partial charge in [-0.25, -0.2) is 17.4 Å². The Morgan fingerprint density at radius 2 is 1.78 bits per heavy atom. The normalized spacial score (nSPS) is 12.4. The van der Waals surface area contributed by atoms with Crippen LogP contribution in [-0.4, -0.2) is 33.3 Å². The fourth-order valence-electron chi connectivity index (χ4n) is 3.08. The first-order valence-electron chi connectivity index (χ1n) is 9.27. The van der Waals surface area contributed by atoms with Crippen molar-refractivity contribution in [2.24, 2.45) is 0 Å². The summed E-state index contributed by atoms with van der Waals surface area (Å²) in [6.45, 7) is 0. The van der Waals surface area contributed by atoms with Crippen molar-refractivity contribution in [3.8, 4) is 5.88 Å². The molecule has 0 saturated carbocycles. The minimum atomic E-state index is -4.05.